The van der Waals surface area contributed by atoms with Crippen molar-refractivity contribution in [3.63, 3.8) is 0 Å². The molecule has 1 nitrogen and oxygen atoms in total. The number of benzene rings is 1. The lowest BCUT2D eigenvalue weighted by atomic mass is 10.0. The van der Waals surface area contributed by atoms with Crippen LogP contribution < -0.4 is 5.32 Å². The van der Waals surface area contributed by atoms with Crippen molar-refractivity contribution >= 4 is 0 Å². The lowest BCUT2D eigenvalue weighted by Crippen LogP contribution is -2.24. The van der Waals surface area contributed by atoms with Gasteiger partial charge in [-0.1, -0.05) is 19.9 Å². The van der Waals surface area contributed by atoms with Gasteiger partial charge in [0.25, 0.3) is 0 Å². The summed E-state index contributed by atoms with van der Waals surface area (Å²) >= 11 is 0. The number of aryl methyl sites for hydroxylation is 1. The minimum atomic E-state index is -0.0501. The molecule has 0 bridgehead atoms. The van der Waals surface area contributed by atoms with Crippen LogP contribution >= 0.6 is 0 Å². The van der Waals surface area contributed by atoms with Gasteiger partial charge in [-0.15, -0.1) is 0 Å². The highest BCUT2D eigenvalue weighted by Gasteiger charge is 2.32. The van der Waals surface area contributed by atoms with Crippen molar-refractivity contribution in [2.24, 2.45) is 5.92 Å². The molecule has 0 radical (unpaired) electrons. The van der Waals surface area contributed by atoms with E-state index >= 15 is 0 Å². The predicted octanol–water partition coefficient (Wildman–Crippen LogP) is 2.98. The molecule has 2 atom stereocenters. The van der Waals surface area contributed by atoms with Gasteiger partial charge in [0.2, 0.25) is 0 Å². The molecule has 0 fully saturated rings. The summed E-state index contributed by atoms with van der Waals surface area (Å²) in [4.78, 5) is 0. The molecule has 15 heavy (non-hydrogen) atoms. The summed E-state index contributed by atoms with van der Waals surface area (Å²) in [7, 11) is 0. The van der Waals surface area contributed by atoms with E-state index in [0.29, 0.717) is 5.92 Å². The standard InChI is InChI=1S/C13H18FN/c1-4-15-13-9(3)7-10-8(2)5-6-11(14)12(10)13/h5-6,9,13,15H,4,7H2,1-3H3. The zero-order chi connectivity index (χ0) is 11.0. The van der Waals surface area contributed by atoms with E-state index in [2.05, 4.69) is 26.1 Å². The van der Waals surface area contributed by atoms with Crippen molar-refractivity contribution in [3.8, 4) is 0 Å². The number of fused-ring (bicyclic) bond motifs is 1. The number of halogens is 1. The van der Waals surface area contributed by atoms with Crippen LogP contribution in [0.2, 0.25) is 0 Å². The third kappa shape index (κ3) is 1.67. The van der Waals surface area contributed by atoms with Crippen LogP contribution in [0, 0.1) is 18.7 Å². The smallest absolute Gasteiger partial charge is 0.128 e. The van der Waals surface area contributed by atoms with Crippen molar-refractivity contribution in [2.75, 3.05) is 6.54 Å². The monoisotopic (exact) mass is 207 g/mol. The van der Waals surface area contributed by atoms with Gasteiger partial charge in [-0.25, -0.2) is 4.39 Å². The highest BCUT2D eigenvalue weighted by atomic mass is 19.1. The maximum absolute atomic E-state index is 13.8. The molecule has 2 heteroatoms. The summed E-state index contributed by atoms with van der Waals surface area (Å²) in [5, 5.41) is 3.38. The zero-order valence-corrected chi connectivity index (χ0v) is 9.60. The molecule has 1 aliphatic rings. The van der Waals surface area contributed by atoms with E-state index in [1.807, 2.05) is 6.07 Å². The normalized spacial score (nSPS) is 24.3. The average Bonchev–Trinajstić information content (AvgIpc) is 2.53. The van der Waals surface area contributed by atoms with Gasteiger partial charge in [0.05, 0.1) is 0 Å². The van der Waals surface area contributed by atoms with Crippen molar-refractivity contribution in [1.29, 1.82) is 0 Å². The van der Waals surface area contributed by atoms with Crippen LogP contribution in [0.5, 0.6) is 0 Å². The molecule has 0 heterocycles. The Morgan fingerprint density at radius 2 is 2.20 bits per heavy atom. The van der Waals surface area contributed by atoms with E-state index in [0.717, 1.165) is 18.5 Å². The molecule has 1 aromatic rings. The van der Waals surface area contributed by atoms with Crippen LogP contribution in [-0.4, -0.2) is 6.54 Å². The summed E-state index contributed by atoms with van der Waals surface area (Å²) < 4.78 is 13.8. The van der Waals surface area contributed by atoms with Crippen LogP contribution in [0.15, 0.2) is 12.1 Å². The second-order valence-electron chi connectivity index (χ2n) is 4.47. The summed E-state index contributed by atoms with van der Waals surface area (Å²) in [6.07, 6.45) is 0.997. The van der Waals surface area contributed by atoms with Gasteiger partial charge in [0.1, 0.15) is 5.82 Å². The molecular formula is C13H18FN. The van der Waals surface area contributed by atoms with Crippen molar-refractivity contribution < 1.29 is 4.39 Å². The van der Waals surface area contributed by atoms with Gasteiger partial charge in [0, 0.05) is 11.6 Å². The summed E-state index contributed by atoms with van der Waals surface area (Å²) in [6.45, 7) is 7.21. The average molecular weight is 207 g/mol. The fourth-order valence-electron chi connectivity index (χ4n) is 2.60. The van der Waals surface area contributed by atoms with E-state index < -0.39 is 0 Å². The minimum absolute atomic E-state index is 0.0501. The van der Waals surface area contributed by atoms with Crippen molar-refractivity contribution in [3.05, 3.63) is 34.6 Å². The van der Waals surface area contributed by atoms with E-state index in [-0.39, 0.29) is 11.9 Å². The highest BCUT2D eigenvalue weighted by molar-refractivity contribution is 5.42. The molecule has 2 rings (SSSR count). The quantitative estimate of drug-likeness (QED) is 0.786. The Kier molecular flexibility index (Phi) is 2.79. The Labute approximate surface area is 90.7 Å². The van der Waals surface area contributed by atoms with Crippen LogP contribution in [-0.2, 0) is 6.42 Å². The summed E-state index contributed by atoms with van der Waals surface area (Å²) in [6, 6.07) is 3.68. The second-order valence-corrected chi connectivity index (χ2v) is 4.47. The molecule has 82 valence electrons. The fourth-order valence-corrected chi connectivity index (χ4v) is 2.60. The number of hydrogen-bond donors (Lipinski definition) is 1. The van der Waals surface area contributed by atoms with Gasteiger partial charge < -0.3 is 5.32 Å². The molecular weight excluding hydrogens is 189 g/mol. The lowest BCUT2D eigenvalue weighted by Gasteiger charge is -2.18. The SMILES string of the molecule is CCNC1c2c(F)ccc(C)c2CC1C. The van der Waals surface area contributed by atoms with E-state index in [4.69, 9.17) is 0 Å². The van der Waals surface area contributed by atoms with E-state index in [1.54, 1.807) is 6.07 Å². The molecule has 0 aliphatic heterocycles. The molecule has 0 amide bonds. The Hall–Kier alpha value is -0.890. The van der Waals surface area contributed by atoms with Gasteiger partial charge in [-0.3, -0.25) is 0 Å². The summed E-state index contributed by atoms with van der Waals surface area (Å²) in [5.41, 5.74) is 3.34. The molecule has 2 unspecified atom stereocenters. The van der Waals surface area contributed by atoms with Gasteiger partial charge >= 0.3 is 0 Å². The molecule has 0 aromatic heterocycles. The molecule has 1 N–H and O–H groups in total. The van der Waals surface area contributed by atoms with Crippen LogP contribution in [0.25, 0.3) is 0 Å². The van der Waals surface area contributed by atoms with Gasteiger partial charge in [-0.2, -0.15) is 0 Å². The molecule has 0 spiro atoms. The number of nitrogens with one attached hydrogen (secondary N) is 1. The highest BCUT2D eigenvalue weighted by Crippen LogP contribution is 2.38. The Bertz CT molecular complexity index is 373. The first-order valence-corrected chi connectivity index (χ1v) is 5.66. The summed E-state index contributed by atoms with van der Waals surface area (Å²) in [5.74, 6) is 0.446. The Morgan fingerprint density at radius 3 is 2.87 bits per heavy atom. The maximum atomic E-state index is 13.8. The first kappa shape index (κ1) is 10.6. The predicted molar refractivity (Wildman–Crippen MR) is 60.4 cm³/mol. The van der Waals surface area contributed by atoms with E-state index in [9.17, 15) is 4.39 Å². The zero-order valence-electron chi connectivity index (χ0n) is 9.60. The Balaban J connectivity index is 2.47. The van der Waals surface area contributed by atoms with Crippen LogP contribution in [0.3, 0.4) is 0 Å². The maximum Gasteiger partial charge on any atom is 0.128 e. The van der Waals surface area contributed by atoms with Crippen molar-refractivity contribution in [1.82, 2.24) is 5.32 Å². The molecule has 0 saturated carbocycles. The fraction of sp³-hybridized carbons (Fsp3) is 0.538. The van der Waals surface area contributed by atoms with Crippen LogP contribution in [0.4, 0.5) is 4.39 Å². The van der Waals surface area contributed by atoms with Gasteiger partial charge in [-0.05, 0) is 43.0 Å². The lowest BCUT2D eigenvalue weighted by molar-refractivity contribution is 0.415. The van der Waals surface area contributed by atoms with Crippen molar-refractivity contribution in [2.45, 2.75) is 33.2 Å². The number of rotatable bonds is 2. The largest absolute Gasteiger partial charge is 0.310 e. The molecule has 1 aromatic carbocycles. The van der Waals surface area contributed by atoms with Crippen LogP contribution in [0.1, 0.15) is 36.6 Å². The van der Waals surface area contributed by atoms with E-state index in [1.165, 1.54) is 11.1 Å². The number of hydrogen-bond acceptors (Lipinski definition) is 1. The second kappa shape index (κ2) is 3.93. The minimum Gasteiger partial charge on any atom is -0.310 e. The van der Waals surface area contributed by atoms with Gasteiger partial charge in [0.15, 0.2) is 0 Å². The molecule has 1 aliphatic carbocycles. The third-order valence-corrected chi connectivity index (χ3v) is 3.37. The first-order valence-electron chi connectivity index (χ1n) is 5.66. The third-order valence-electron chi connectivity index (χ3n) is 3.37. The topological polar surface area (TPSA) is 12.0 Å². The Morgan fingerprint density at radius 1 is 1.47 bits per heavy atom. The molecule has 0 saturated heterocycles. The first-order chi connectivity index (χ1) is 7.15.